The molecule has 2 unspecified atom stereocenters. The first kappa shape index (κ1) is 64.6. The quantitative estimate of drug-likeness (QED) is 0.0680. The number of ether oxygens (including phenoxy) is 4. The zero-order valence-electron chi connectivity index (χ0n) is 56.7. The van der Waals surface area contributed by atoms with Crippen molar-refractivity contribution >= 4 is 67.0 Å². The smallest absolute Gasteiger partial charge is 0.339 e. The molecule has 482 valence electrons. The number of carbonyl (C=O) groups excluding carboxylic acids is 4. The molecular formula is C80H94N4O8. The molecule has 4 fully saturated rings. The van der Waals surface area contributed by atoms with Crippen molar-refractivity contribution in [3.8, 4) is 22.3 Å². The second kappa shape index (κ2) is 23.5. The summed E-state index contributed by atoms with van der Waals surface area (Å²) < 4.78 is 26.0. The van der Waals surface area contributed by atoms with Crippen molar-refractivity contribution in [1.82, 2.24) is 21.3 Å². The molecule has 4 aliphatic rings. The Bertz CT molecular complexity index is 4200. The second-order valence-corrected chi connectivity index (χ2v) is 32.4. The largest absolute Gasteiger partial charge is 0.459 e. The van der Waals surface area contributed by atoms with Crippen LogP contribution in [0.25, 0.3) is 65.3 Å². The molecular weight excluding hydrogens is 1140 g/mol. The second-order valence-electron chi connectivity index (χ2n) is 32.4. The van der Waals surface area contributed by atoms with E-state index in [1.807, 2.05) is 109 Å². The SMILES string of the molecule is CC1(C)CC(OC(=O)c2cc(-c3cc(C(=O)OC4CC(C)(C)NC(C)(Cc5ccc6c(C(=O)OC7CC(C)(C)NC(C)(C)C7)cc(-c7ccc(C(=O)OC8CC(C)(C)NC(C)(C)C8)c8ccccc78)cc6c5)C4)c4ccccc4c3)cc3ccccc23)CC(C)(C)N1. The van der Waals surface area contributed by atoms with Crippen LogP contribution in [0, 0.1) is 0 Å². The van der Waals surface area contributed by atoms with Gasteiger partial charge >= 0.3 is 23.9 Å². The summed E-state index contributed by atoms with van der Waals surface area (Å²) in [6, 6.07) is 46.0. The van der Waals surface area contributed by atoms with Crippen molar-refractivity contribution in [2.45, 2.75) is 230 Å². The van der Waals surface area contributed by atoms with E-state index < -0.39 is 23.2 Å². The van der Waals surface area contributed by atoms with Crippen molar-refractivity contribution in [2.24, 2.45) is 0 Å². The normalized spacial score (nSPS) is 22.6. The summed E-state index contributed by atoms with van der Waals surface area (Å²) in [7, 11) is 0. The Hall–Kier alpha value is -7.48. The predicted molar refractivity (Wildman–Crippen MR) is 371 cm³/mol. The fourth-order valence-corrected chi connectivity index (χ4v) is 17.4. The van der Waals surface area contributed by atoms with Crippen LogP contribution in [-0.4, -0.2) is 92.6 Å². The van der Waals surface area contributed by atoms with Gasteiger partial charge in [0.2, 0.25) is 0 Å². The fourth-order valence-electron chi connectivity index (χ4n) is 17.4. The van der Waals surface area contributed by atoms with Crippen molar-refractivity contribution in [2.75, 3.05) is 0 Å². The van der Waals surface area contributed by atoms with Gasteiger partial charge in [0.1, 0.15) is 24.4 Å². The summed E-state index contributed by atoms with van der Waals surface area (Å²) in [5, 5.41) is 21.7. The van der Waals surface area contributed by atoms with E-state index in [4.69, 9.17) is 18.9 Å². The number of nitrogens with one attached hydrogen (secondary N) is 4. The molecule has 12 heteroatoms. The van der Waals surface area contributed by atoms with Crippen LogP contribution in [0.5, 0.6) is 0 Å². The predicted octanol–water partition coefficient (Wildman–Crippen LogP) is 16.7. The summed E-state index contributed by atoms with van der Waals surface area (Å²) in [5.74, 6) is -1.51. The van der Waals surface area contributed by atoms with Crippen molar-refractivity contribution < 1.29 is 38.1 Å². The van der Waals surface area contributed by atoms with Crippen LogP contribution in [0.15, 0.2) is 140 Å². The minimum absolute atomic E-state index is 0.200. The van der Waals surface area contributed by atoms with E-state index in [2.05, 4.69) is 155 Å². The number of fused-ring (bicyclic) bond motifs is 4. The van der Waals surface area contributed by atoms with E-state index in [0.29, 0.717) is 80.0 Å². The van der Waals surface area contributed by atoms with E-state index in [0.717, 1.165) is 70.9 Å². The fraction of sp³-hybridized carbons (Fsp3) is 0.450. The molecule has 4 aliphatic heterocycles. The van der Waals surface area contributed by atoms with Gasteiger partial charge < -0.3 is 40.2 Å². The first-order chi connectivity index (χ1) is 43.1. The van der Waals surface area contributed by atoms with Crippen LogP contribution >= 0.6 is 0 Å². The van der Waals surface area contributed by atoms with Crippen LogP contribution in [-0.2, 0) is 25.4 Å². The third kappa shape index (κ3) is 14.2. The van der Waals surface area contributed by atoms with Gasteiger partial charge in [0.15, 0.2) is 0 Å². The highest BCUT2D eigenvalue weighted by atomic mass is 16.6. The number of hydrogen-bond acceptors (Lipinski definition) is 12. The lowest BCUT2D eigenvalue weighted by Gasteiger charge is -2.48. The zero-order valence-corrected chi connectivity index (χ0v) is 56.7. The molecule has 0 radical (unpaired) electrons. The molecule has 0 aromatic heterocycles. The van der Waals surface area contributed by atoms with Gasteiger partial charge in [0, 0.05) is 95.7 Å². The van der Waals surface area contributed by atoms with Gasteiger partial charge in [-0.25, -0.2) is 19.2 Å². The molecule has 12 nitrogen and oxygen atoms in total. The van der Waals surface area contributed by atoms with Gasteiger partial charge in [-0.05, 0) is 224 Å². The van der Waals surface area contributed by atoms with Crippen molar-refractivity contribution in [1.29, 1.82) is 0 Å². The highest BCUT2D eigenvalue weighted by molar-refractivity contribution is 6.13. The number of hydrogen-bond donors (Lipinski definition) is 4. The lowest BCUT2D eigenvalue weighted by molar-refractivity contribution is -0.01000. The van der Waals surface area contributed by atoms with Gasteiger partial charge in [-0.1, -0.05) is 97.1 Å². The summed E-state index contributed by atoms with van der Waals surface area (Å²) in [6.07, 6.45) is 4.58. The summed E-state index contributed by atoms with van der Waals surface area (Å²) in [5.41, 5.74) is 3.98. The van der Waals surface area contributed by atoms with Gasteiger partial charge in [-0.15, -0.1) is 0 Å². The van der Waals surface area contributed by atoms with Gasteiger partial charge in [-0.2, -0.15) is 0 Å². The third-order valence-electron chi connectivity index (χ3n) is 19.4. The molecule has 8 aromatic rings. The first-order valence-electron chi connectivity index (χ1n) is 33.2. The molecule has 8 aromatic carbocycles. The Balaban J connectivity index is 0.848. The van der Waals surface area contributed by atoms with Crippen LogP contribution in [0.1, 0.15) is 202 Å². The monoisotopic (exact) mass is 1240 g/mol. The maximum absolute atomic E-state index is 15.0. The van der Waals surface area contributed by atoms with E-state index in [1.54, 1.807) is 0 Å². The van der Waals surface area contributed by atoms with E-state index in [-0.39, 0.29) is 69.5 Å². The number of benzene rings is 8. The molecule has 0 aliphatic carbocycles. The van der Waals surface area contributed by atoms with Crippen molar-refractivity contribution in [3.63, 3.8) is 0 Å². The summed E-state index contributed by atoms with van der Waals surface area (Å²) in [4.78, 5) is 58.7. The third-order valence-corrected chi connectivity index (χ3v) is 19.4. The van der Waals surface area contributed by atoms with Crippen molar-refractivity contribution in [3.05, 3.63) is 167 Å². The van der Waals surface area contributed by atoms with Crippen LogP contribution in [0.4, 0.5) is 0 Å². The molecule has 0 amide bonds. The highest BCUT2D eigenvalue weighted by Gasteiger charge is 2.45. The maximum atomic E-state index is 15.0. The van der Waals surface area contributed by atoms with Crippen LogP contribution in [0.2, 0.25) is 0 Å². The average molecular weight is 1240 g/mol. The Labute approximate surface area is 543 Å². The van der Waals surface area contributed by atoms with Crippen LogP contribution < -0.4 is 21.3 Å². The molecule has 4 heterocycles. The minimum atomic E-state index is -0.533. The molecule has 4 N–H and O–H groups in total. The summed E-state index contributed by atoms with van der Waals surface area (Å²) in [6.45, 7) is 32.4. The van der Waals surface area contributed by atoms with E-state index in [9.17, 15) is 14.4 Å². The van der Waals surface area contributed by atoms with Gasteiger partial charge in [0.25, 0.3) is 0 Å². The molecule has 12 rings (SSSR count). The topological polar surface area (TPSA) is 153 Å². The molecule has 92 heavy (non-hydrogen) atoms. The molecule has 4 saturated heterocycles. The lowest BCUT2D eigenvalue weighted by Crippen LogP contribution is -2.62. The Morgan fingerprint density at radius 1 is 0.326 bits per heavy atom. The highest BCUT2D eigenvalue weighted by Crippen LogP contribution is 2.42. The number of piperidine rings is 4. The maximum Gasteiger partial charge on any atom is 0.339 e. The summed E-state index contributed by atoms with van der Waals surface area (Å²) >= 11 is 0. The van der Waals surface area contributed by atoms with E-state index >= 15 is 4.79 Å². The number of carbonyl (C=O) groups is 4. The zero-order chi connectivity index (χ0) is 65.7. The average Bonchev–Trinajstić information content (AvgIpc) is 0.773. The van der Waals surface area contributed by atoms with Gasteiger partial charge in [-0.3, -0.25) is 0 Å². The minimum Gasteiger partial charge on any atom is -0.459 e. The Kier molecular flexibility index (Phi) is 16.5. The molecule has 0 saturated carbocycles. The molecule has 0 bridgehead atoms. The lowest BCUT2D eigenvalue weighted by atomic mass is 9.76. The van der Waals surface area contributed by atoms with Crippen LogP contribution in [0.3, 0.4) is 0 Å². The standard InChI is InChI=1S/C80H94N4O8/c1-73(2)40-55(41-74(3,4)81-73)89-69(85)65-31-30-61(63-26-20-21-27-64(63)65)54-35-53-32-48(28-29-62(53)68(38-54)72(88)91-57-44-77(9,10)83-78(11,12)45-57)39-80(15)47-58(46-79(13,14)84-80)92-71(87)67-37-52(34-50-23-17-19-25-60(50)67)51-33-49-22-16-18-24-59(49)66(36-51)70(86)90-56-42-75(5,6)82-76(7,8)43-56/h16-38,55-58,81-84H,39-47H2,1-15H3. The Morgan fingerprint density at radius 2 is 0.663 bits per heavy atom. The molecule has 0 spiro atoms. The van der Waals surface area contributed by atoms with Gasteiger partial charge in [0.05, 0.1) is 22.3 Å². The number of esters is 4. The number of rotatable bonds is 12. The van der Waals surface area contributed by atoms with E-state index in [1.165, 1.54) is 0 Å². The molecule has 2 atom stereocenters. The first-order valence-corrected chi connectivity index (χ1v) is 33.2. The Morgan fingerprint density at radius 3 is 1.10 bits per heavy atom.